The molecule has 0 bridgehead atoms. The lowest BCUT2D eigenvalue weighted by molar-refractivity contribution is 0.782. The van der Waals surface area contributed by atoms with Crippen LogP contribution >= 0.6 is 0 Å². The number of rotatable bonds is 3. The van der Waals surface area contributed by atoms with Crippen LogP contribution in [0.4, 0.5) is 0 Å². The van der Waals surface area contributed by atoms with Crippen LogP contribution in [-0.2, 0) is 5.41 Å². The van der Waals surface area contributed by atoms with Crippen molar-refractivity contribution in [2.45, 2.75) is 12.3 Å². The van der Waals surface area contributed by atoms with Gasteiger partial charge in [0.2, 0.25) is 0 Å². The fraction of sp³-hybridized carbons (Fsp3) is 0.0769. The van der Waals surface area contributed by atoms with Crippen LogP contribution in [0, 0.1) is 0 Å². The molecule has 0 saturated carbocycles. The number of allylic oxidation sites excluding steroid dienone is 8. The van der Waals surface area contributed by atoms with Crippen molar-refractivity contribution in [2.75, 3.05) is 0 Å². The highest BCUT2D eigenvalue weighted by molar-refractivity contribution is 5.91. The molecule has 2 aliphatic rings. The van der Waals surface area contributed by atoms with E-state index in [1.807, 2.05) is 19.1 Å². The number of benzene rings is 2. The summed E-state index contributed by atoms with van der Waals surface area (Å²) in [6, 6.07) is 17.3. The van der Waals surface area contributed by atoms with Gasteiger partial charge in [0.1, 0.15) is 0 Å². The molecule has 0 unspecified atom stereocenters. The largest absolute Gasteiger partial charge is 0.0987 e. The van der Waals surface area contributed by atoms with Gasteiger partial charge in [0.05, 0.1) is 5.41 Å². The highest BCUT2D eigenvalue weighted by Crippen LogP contribution is 2.62. The van der Waals surface area contributed by atoms with Gasteiger partial charge in [0, 0.05) is 0 Å². The van der Waals surface area contributed by atoms with Gasteiger partial charge in [-0.2, -0.15) is 0 Å². The van der Waals surface area contributed by atoms with Crippen molar-refractivity contribution >= 4 is 0 Å². The summed E-state index contributed by atoms with van der Waals surface area (Å²) in [5.41, 5.74) is 10.1. The van der Waals surface area contributed by atoms with E-state index in [0.717, 1.165) is 22.3 Å². The average Bonchev–Trinajstić information content (AvgIpc) is 3.07. The maximum Gasteiger partial charge on any atom is 0.0725 e. The van der Waals surface area contributed by atoms with Gasteiger partial charge < -0.3 is 0 Å². The first-order valence-corrected chi connectivity index (χ1v) is 8.83. The lowest BCUT2D eigenvalue weighted by Gasteiger charge is -2.32. The molecule has 0 amide bonds. The van der Waals surface area contributed by atoms with Gasteiger partial charge in [-0.15, -0.1) is 0 Å². The molecule has 0 heteroatoms. The second kappa shape index (κ2) is 5.71. The van der Waals surface area contributed by atoms with Gasteiger partial charge in [-0.05, 0) is 51.5 Å². The van der Waals surface area contributed by atoms with Crippen molar-refractivity contribution in [2.24, 2.45) is 0 Å². The van der Waals surface area contributed by atoms with Gasteiger partial charge in [0.15, 0.2) is 0 Å². The van der Waals surface area contributed by atoms with E-state index in [1.54, 1.807) is 0 Å². The zero-order chi connectivity index (χ0) is 18.5. The minimum atomic E-state index is -0.394. The molecule has 0 aliphatic heterocycles. The Hall–Kier alpha value is -3.12. The number of hydrogen-bond donors (Lipinski definition) is 0. The van der Waals surface area contributed by atoms with Crippen LogP contribution in [0.5, 0.6) is 0 Å². The molecule has 0 nitrogen and oxygen atoms in total. The Morgan fingerprint density at radius 1 is 0.885 bits per heavy atom. The summed E-state index contributed by atoms with van der Waals surface area (Å²) in [6.45, 7) is 18.8. The van der Waals surface area contributed by atoms with Crippen LogP contribution < -0.4 is 0 Å². The van der Waals surface area contributed by atoms with E-state index in [0.29, 0.717) is 0 Å². The Balaban J connectivity index is 2.24. The van der Waals surface area contributed by atoms with Crippen molar-refractivity contribution in [1.29, 1.82) is 0 Å². The van der Waals surface area contributed by atoms with E-state index in [9.17, 15) is 0 Å². The van der Waals surface area contributed by atoms with Gasteiger partial charge in [-0.3, -0.25) is 0 Å². The summed E-state index contributed by atoms with van der Waals surface area (Å²) >= 11 is 0. The molecular weight excluding hydrogens is 312 g/mol. The standard InChI is InChI=1S/C26H22/c1-6-19-18(5)25(16-17(3)4)26(22(19)7-2)23-14-10-8-12-20(23)21-13-9-11-15-24(21)26/h6-16H,1-3,5H2,4H3/b25-16+. The summed E-state index contributed by atoms with van der Waals surface area (Å²) in [6.07, 6.45) is 6.05. The minimum Gasteiger partial charge on any atom is -0.0987 e. The number of hydrogen-bond acceptors (Lipinski definition) is 0. The molecule has 2 aromatic carbocycles. The van der Waals surface area contributed by atoms with E-state index >= 15 is 0 Å². The second-order valence-corrected chi connectivity index (χ2v) is 6.96. The Labute approximate surface area is 155 Å². The van der Waals surface area contributed by atoms with Crippen LogP contribution in [0.25, 0.3) is 11.1 Å². The third-order valence-corrected chi connectivity index (χ3v) is 5.50. The summed E-state index contributed by atoms with van der Waals surface area (Å²) in [5, 5.41) is 0. The monoisotopic (exact) mass is 334 g/mol. The SMILES string of the molecule is C=CC1=C(C=C)C2(/C(=C/C(=C)C)C1=C)c1ccccc1-c1ccccc12. The van der Waals surface area contributed by atoms with Crippen LogP contribution in [0.2, 0.25) is 0 Å². The molecule has 2 aromatic rings. The first-order valence-electron chi connectivity index (χ1n) is 8.83. The molecular formula is C26H22. The van der Waals surface area contributed by atoms with Crippen molar-refractivity contribution in [3.05, 3.63) is 132 Å². The van der Waals surface area contributed by atoms with Crippen molar-refractivity contribution < 1.29 is 0 Å². The van der Waals surface area contributed by atoms with Crippen molar-refractivity contribution in [3.63, 3.8) is 0 Å². The van der Waals surface area contributed by atoms with E-state index in [4.69, 9.17) is 0 Å². The van der Waals surface area contributed by atoms with E-state index in [1.165, 1.54) is 27.8 Å². The molecule has 0 radical (unpaired) electrons. The first kappa shape index (κ1) is 16.4. The summed E-state index contributed by atoms with van der Waals surface area (Å²) < 4.78 is 0. The molecule has 0 fully saturated rings. The third kappa shape index (κ3) is 1.84. The fourth-order valence-corrected chi connectivity index (χ4v) is 4.63. The highest BCUT2D eigenvalue weighted by Gasteiger charge is 2.52. The van der Waals surface area contributed by atoms with Gasteiger partial charge in [-0.1, -0.05) is 98.6 Å². The maximum absolute atomic E-state index is 4.42. The second-order valence-electron chi connectivity index (χ2n) is 6.96. The summed E-state index contributed by atoms with van der Waals surface area (Å²) in [4.78, 5) is 0. The smallest absolute Gasteiger partial charge is 0.0725 e. The topological polar surface area (TPSA) is 0 Å². The first-order chi connectivity index (χ1) is 12.6. The number of fused-ring (bicyclic) bond motifs is 5. The predicted molar refractivity (Wildman–Crippen MR) is 112 cm³/mol. The zero-order valence-corrected chi connectivity index (χ0v) is 15.2. The lowest BCUT2D eigenvalue weighted by Crippen LogP contribution is -2.27. The molecule has 0 N–H and O–H groups in total. The van der Waals surface area contributed by atoms with Crippen LogP contribution in [0.1, 0.15) is 18.1 Å². The summed E-state index contributed by atoms with van der Waals surface area (Å²) in [5.74, 6) is 0. The quantitative estimate of drug-likeness (QED) is 0.586. The lowest BCUT2D eigenvalue weighted by atomic mass is 9.69. The van der Waals surface area contributed by atoms with Gasteiger partial charge >= 0.3 is 0 Å². The summed E-state index contributed by atoms with van der Waals surface area (Å²) in [7, 11) is 0. The Bertz CT molecular complexity index is 1010. The van der Waals surface area contributed by atoms with Crippen molar-refractivity contribution in [3.8, 4) is 11.1 Å². The fourth-order valence-electron chi connectivity index (χ4n) is 4.63. The maximum atomic E-state index is 4.42. The Morgan fingerprint density at radius 2 is 1.42 bits per heavy atom. The molecule has 4 rings (SSSR count). The Morgan fingerprint density at radius 3 is 1.88 bits per heavy atom. The molecule has 0 aromatic heterocycles. The molecule has 0 heterocycles. The molecule has 126 valence electrons. The normalized spacial score (nSPS) is 18.2. The van der Waals surface area contributed by atoms with Crippen LogP contribution in [0.3, 0.4) is 0 Å². The average molecular weight is 334 g/mol. The van der Waals surface area contributed by atoms with Gasteiger partial charge in [-0.25, -0.2) is 0 Å². The molecule has 26 heavy (non-hydrogen) atoms. The van der Waals surface area contributed by atoms with Crippen LogP contribution in [0.15, 0.2) is 121 Å². The molecule has 2 aliphatic carbocycles. The molecule has 1 spiro atoms. The van der Waals surface area contributed by atoms with E-state index in [-0.39, 0.29) is 0 Å². The van der Waals surface area contributed by atoms with Crippen molar-refractivity contribution in [1.82, 2.24) is 0 Å². The van der Waals surface area contributed by atoms with E-state index < -0.39 is 5.41 Å². The third-order valence-electron chi connectivity index (χ3n) is 5.50. The molecule has 0 saturated heterocycles. The Kier molecular flexibility index (Phi) is 3.59. The predicted octanol–water partition coefficient (Wildman–Crippen LogP) is 6.69. The zero-order valence-electron chi connectivity index (χ0n) is 15.2. The van der Waals surface area contributed by atoms with E-state index in [2.05, 4.69) is 80.9 Å². The highest BCUT2D eigenvalue weighted by atomic mass is 14.5. The molecule has 0 atom stereocenters. The van der Waals surface area contributed by atoms with Gasteiger partial charge in [0.25, 0.3) is 0 Å². The van der Waals surface area contributed by atoms with Crippen LogP contribution in [-0.4, -0.2) is 0 Å². The minimum absolute atomic E-state index is 0.394.